The van der Waals surface area contributed by atoms with Crippen molar-refractivity contribution in [3.05, 3.63) is 72.4 Å². The summed E-state index contributed by atoms with van der Waals surface area (Å²) in [4.78, 5) is 6.81. The fourth-order valence-corrected chi connectivity index (χ4v) is 3.63. The molecule has 0 saturated carbocycles. The largest absolute Gasteiger partial charge is 0.508 e. The smallest absolute Gasteiger partial charge is 0.122 e. The molecule has 0 unspecified atom stereocenters. The summed E-state index contributed by atoms with van der Waals surface area (Å²) in [5.74, 6) is 0.319. The predicted octanol–water partition coefficient (Wildman–Crippen LogP) is 5.68. The molecule has 0 atom stereocenters. The fourth-order valence-electron chi connectivity index (χ4n) is 3.63. The Labute approximate surface area is 165 Å². The summed E-state index contributed by atoms with van der Waals surface area (Å²) in [5, 5.41) is 17.4. The zero-order valence-corrected chi connectivity index (χ0v) is 16.3. The lowest BCUT2D eigenvalue weighted by molar-refractivity contribution is 0.291. The lowest BCUT2D eigenvalue weighted by Crippen LogP contribution is -2.22. The molecule has 0 bridgehead atoms. The molecule has 4 aromatic rings. The minimum absolute atomic E-state index is 0.319. The Hall–Kier alpha value is -3.11. The number of pyridine rings is 1. The van der Waals surface area contributed by atoms with Crippen LogP contribution in [-0.4, -0.2) is 28.1 Å². The van der Waals surface area contributed by atoms with E-state index in [-0.39, 0.29) is 0 Å². The summed E-state index contributed by atoms with van der Waals surface area (Å²) in [6, 6.07) is 20.3. The van der Waals surface area contributed by atoms with Crippen LogP contribution < -0.4 is 5.32 Å². The lowest BCUT2D eigenvalue weighted by atomic mass is 10.0. The first-order valence-corrected chi connectivity index (χ1v) is 9.77. The molecular weight excluding hydrogens is 346 g/mol. The van der Waals surface area contributed by atoms with Gasteiger partial charge in [0.05, 0.1) is 11.2 Å². The van der Waals surface area contributed by atoms with Crippen LogP contribution in [0.4, 0.5) is 11.4 Å². The van der Waals surface area contributed by atoms with E-state index in [1.165, 1.54) is 0 Å². The van der Waals surface area contributed by atoms with Gasteiger partial charge in [-0.1, -0.05) is 44.2 Å². The van der Waals surface area contributed by atoms with Gasteiger partial charge in [-0.25, -0.2) is 0 Å². The van der Waals surface area contributed by atoms with Crippen LogP contribution in [0.25, 0.3) is 21.7 Å². The number of nitrogens with one attached hydrogen (secondary N) is 1. The first kappa shape index (κ1) is 18.3. The number of nitrogens with zero attached hydrogens (tertiary/aromatic N) is 2. The van der Waals surface area contributed by atoms with Gasteiger partial charge in [-0.2, -0.15) is 0 Å². The van der Waals surface area contributed by atoms with E-state index in [9.17, 15) is 5.11 Å². The summed E-state index contributed by atoms with van der Waals surface area (Å²) in [6.07, 6.45) is 1.81. The maximum atomic E-state index is 10.6. The number of rotatable bonds is 6. The summed E-state index contributed by atoms with van der Waals surface area (Å²) in [7, 11) is 0. The second kappa shape index (κ2) is 7.87. The monoisotopic (exact) mass is 371 g/mol. The summed E-state index contributed by atoms with van der Waals surface area (Å²) in [6.45, 7) is 6.95. The van der Waals surface area contributed by atoms with Crippen molar-refractivity contribution in [3.8, 4) is 5.75 Å². The first-order valence-electron chi connectivity index (χ1n) is 9.77. The predicted molar refractivity (Wildman–Crippen MR) is 117 cm³/mol. The third kappa shape index (κ3) is 3.51. The average molecular weight is 371 g/mol. The molecule has 0 radical (unpaired) electrons. The van der Waals surface area contributed by atoms with Crippen LogP contribution in [0.5, 0.6) is 5.75 Å². The van der Waals surface area contributed by atoms with Crippen LogP contribution in [0.1, 0.15) is 19.4 Å². The second-order valence-electron chi connectivity index (χ2n) is 6.97. The molecule has 0 spiro atoms. The van der Waals surface area contributed by atoms with Gasteiger partial charge in [0.25, 0.3) is 0 Å². The van der Waals surface area contributed by atoms with Crippen LogP contribution in [-0.2, 0) is 6.54 Å². The summed E-state index contributed by atoms with van der Waals surface area (Å²) < 4.78 is 0. The Morgan fingerprint density at radius 3 is 2.50 bits per heavy atom. The molecular formula is C24H25N3O. The average Bonchev–Trinajstić information content (AvgIpc) is 2.73. The van der Waals surface area contributed by atoms with Gasteiger partial charge < -0.3 is 10.4 Å². The minimum atomic E-state index is 0.319. The van der Waals surface area contributed by atoms with E-state index in [4.69, 9.17) is 0 Å². The van der Waals surface area contributed by atoms with E-state index in [0.29, 0.717) is 5.75 Å². The van der Waals surface area contributed by atoms with Gasteiger partial charge in [-0.05, 0) is 42.7 Å². The zero-order chi connectivity index (χ0) is 19.5. The molecule has 0 aliphatic carbocycles. The standard InChI is InChI=1S/C24H25N3O/c1-3-27(4-2)16-18-11-12-19(15-23(18)28)26-24-20-9-6-5-8-17(20)14-22-21(24)10-7-13-25-22/h5-15,26,28H,3-4,16H2,1-2H3. The van der Waals surface area contributed by atoms with Gasteiger partial charge in [0.2, 0.25) is 0 Å². The molecule has 1 heterocycles. The molecule has 0 aliphatic heterocycles. The Balaban J connectivity index is 1.74. The van der Waals surface area contributed by atoms with Crippen molar-refractivity contribution >= 4 is 33.1 Å². The quantitative estimate of drug-likeness (QED) is 0.428. The van der Waals surface area contributed by atoms with Crippen LogP contribution in [0.3, 0.4) is 0 Å². The van der Waals surface area contributed by atoms with Gasteiger partial charge >= 0.3 is 0 Å². The van der Waals surface area contributed by atoms with Crippen LogP contribution in [0, 0.1) is 0 Å². The fraction of sp³-hybridized carbons (Fsp3) is 0.208. The minimum Gasteiger partial charge on any atom is -0.508 e. The lowest BCUT2D eigenvalue weighted by Gasteiger charge is -2.19. The number of aromatic nitrogens is 1. The Morgan fingerprint density at radius 2 is 1.71 bits per heavy atom. The van der Waals surface area contributed by atoms with Crippen molar-refractivity contribution in [1.29, 1.82) is 0 Å². The highest BCUT2D eigenvalue weighted by atomic mass is 16.3. The second-order valence-corrected chi connectivity index (χ2v) is 6.97. The van der Waals surface area contributed by atoms with Gasteiger partial charge in [0.1, 0.15) is 5.75 Å². The molecule has 4 nitrogen and oxygen atoms in total. The maximum absolute atomic E-state index is 10.6. The van der Waals surface area contributed by atoms with Gasteiger partial charge in [0.15, 0.2) is 0 Å². The first-order chi connectivity index (χ1) is 13.7. The van der Waals surface area contributed by atoms with E-state index < -0.39 is 0 Å². The molecule has 0 fully saturated rings. The number of hydrogen-bond acceptors (Lipinski definition) is 4. The number of anilines is 2. The van der Waals surface area contributed by atoms with Crippen molar-refractivity contribution in [2.45, 2.75) is 20.4 Å². The summed E-state index contributed by atoms with van der Waals surface area (Å²) in [5.41, 5.74) is 3.77. The number of phenols is 1. The third-order valence-corrected chi connectivity index (χ3v) is 5.27. The molecule has 3 aromatic carbocycles. The third-order valence-electron chi connectivity index (χ3n) is 5.27. The van der Waals surface area contributed by atoms with Gasteiger partial charge in [-0.3, -0.25) is 9.88 Å². The normalized spacial score (nSPS) is 11.4. The van der Waals surface area contributed by atoms with E-state index in [0.717, 1.165) is 58.2 Å². The van der Waals surface area contributed by atoms with E-state index in [2.05, 4.69) is 53.3 Å². The molecule has 0 saturated heterocycles. The van der Waals surface area contributed by atoms with Crippen LogP contribution in [0.2, 0.25) is 0 Å². The molecule has 1 aromatic heterocycles. The van der Waals surface area contributed by atoms with Crippen molar-refractivity contribution < 1.29 is 5.11 Å². The van der Waals surface area contributed by atoms with Gasteiger partial charge in [-0.15, -0.1) is 0 Å². The van der Waals surface area contributed by atoms with Crippen molar-refractivity contribution in [3.63, 3.8) is 0 Å². The van der Waals surface area contributed by atoms with Crippen molar-refractivity contribution in [1.82, 2.24) is 9.88 Å². The highest BCUT2D eigenvalue weighted by Gasteiger charge is 2.11. The number of hydrogen-bond donors (Lipinski definition) is 2. The Morgan fingerprint density at radius 1 is 0.929 bits per heavy atom. The Kier molecular flexibility index (Phi) is 5.13. The van der Waals surface area contributed by atoms with Gasteiger partial charge in [0, 0.05) is 40.8 Å². The molecule has 0 amide bonds. The van der Waals surface area contributed by atoms with Crippen LogP contribution >= 0.6 is 0 Å². The zero-order valence-electron chi connectivity index (χ0n) is 16.3. The molecule has 4 rings (SSSR count). The molecule has 0 aliphatic rings. The van der Waals surface area contributed by atoms with E-state index in [1.54, 1.807) is 0 Å². The van der Waals surface area contributed by atoms with E-state index in [1.807, 2.05) is 42.6 Å². The molecule has 2 N–H and O–H groups in total. The van der Waals surface area contributed by atoms with E-state index >= 15 is 0 Å². The van der Waals surface area contributed by atoms with Crippen LogP contribution in [0.15, 0.2) is 66.9 Å². The molecule has 4 heteroatoms. The van der Waals surface area contributed by atoms with Crippen molar-refractivity contribution in [2.75, 3.05) is 18.4 Å². The molecule has 142 valence electrons. The number of benzene rings is 3. The number of phenolic OH excluding ortho intramolecular Hbond substituents is 1. The highest BCUT2D eigenvalue weighted by Crippen LogP contribution is 2.35. The maximum Gasteiger partial charge on any atom is 0.122 e. The number of fused-ring (bicyclic) bond motifs is 2. The summed E-state index contributed by atoms with van der Waals surface area (Å²) >= 11 is 0. The molecule has 28 heavy (non-hydrogen) atoms. The SMILES string of the molecule is CCN(CC)Cc1ccc(Nc2c3ccccc3cc3ncccc23)cc1O. The Bertz CT molecular complexity index is 1070. The topological polar surface area (TPSA) is 48.4 Å². The number of aromatic hydroxyl groups is 1. The highest BCUT2D eigenvalue weighted by molar-refractivity contribution is 6.10. The van der Waals surface area contributed by atoms with Crippen molar-refractivity contribution in [2.24, 2.45) is 0 Å².